The van der Waals surface area contributed by atoms with Crippen molar-refractivity contribution < 1.29 is 14.4 Å². The summed E-state index contributed by atoms with van der Waals surface area (Å²) in [4.78, 5) is 10.6. The average molecular weight is 294 g/mol. The van der Waals surface area contributed by atoms with E-state index in [-0.39, 0.29) is 17.3 Å². The molecular weight excluding hydrogens is 282 g/mol. The van der Waals surface area contributed by atoms with Crippen molar-refractivity contribution in [1.82, 2.24) is 0 Å². The molecule has 6 heteroatoms. The molecule has 0 spiro atoms. The molecule has 20 heavy (non-hydrogen) atoms. The van der Waals surface area contributed by atoms with Gasteiger partial charge in [0.05, 0.1) is 24.0 Å². The summed E-state index contributed by atoms with van der Waals surface area (Å²) in [5, 5.41) is 11.1. The van der Waals surface area contributed by atoms with Gasteiger partial charge >= 0.3 is 5.69 Å². The van der Waals surface area contributed by atoms with Gasteiger partial charge in [-0.15, -0.1) is 11.6 Å². The van der Waals surface area contributed by atoms with Crippen LogP contribution in [-0.4, -0.2) is 12.0 Å². The number of alkyl halides is 1. The molecule has 2 rings (SSSR count). The standard InChI is InChI=1S/C14H12ClNO4/c1-19-11-6-7-14(12(8-11)16(17)18)20-13-5-3-2-4-10(13)9-15/h2-8H,9H2,1H3. The van der Waals surface area contributed by atoms with Gasteiger partial charge in [0.25, 0.3) is 0 Å². The third-order valence-corrected chi connectivity index (χ3v) is 2.99. The van der Waals surface area contributed by atoms with Crippen LogP contribution in [0, 0.1) is 10.1 Å². The molecule has 0 saturated carbocycles. The number of ether oxygens (including phenoxy) is 2. The minimum atomic E-state index is -0.513. The van der Waals surface area contributed by atoms with Crippen molar-refractivity contribution in [2.75, 3.05) is 7.11 Å². The largest absolute Gasteiger partial charge is 0.496 e. The summed E-state index contributed by atoms with van der Waals surface area (Å²) in [5.74, 6) is 1.30. The summed E-state index contributed by atoms with van der Waals surface area (Å²) < 4.78 is 10.6. The summed E-state index contributed by atoms with van der Waals surface area (Å²) in [6.45, 7) is 0. The van der Waals surface area contributed by atoms with E-state index in [1.165, 1.54) is 19.2 Å². The third-order valence-electron chi connectivity index (χ3n) is 2.70. The Morgan fingerprint density at radius 2 is 1.95 bits per heavy atom. The molecule has 0 bridgehead atoms. The molecule has 0 fully saturated rings. The lowest BCUT2D eigenvalue weighted by Crippen LogP contribution is -1.96. The van der Waals surface area contributed by atoms with E-state index in [0.29, 0.717) is 11.5 Å². The first kappa shape index (κ1) is 14.1. The van der Waals surface area contributed by atoms with Gasteiger partial charge in [0.1, 0.15) is 11.5 Å². The number of hydrogen-bond donors (Lipinski definition) is 0. The fourth-order valence-electron chi connectivity index (χ4n) is 1.69. The van der Waals surface area contributed by atoms with E-state index >= 15 is 0 Å². The zero-order valence-corrected chi connectivity index (χ0v) is 11.5. The molecule has 0 amide bonds. The predicted molar refractivity (Wildman–Crippen MR) is 75.7 cm³/mol. The van der Waals surface area contributed by atoms with Gasteiger partial charge in [-0.05, 0) is 18.2 Å². The lowest BCUT2D eigenvalue weighted by molar-refractivity contribution is -0.385. The lowest BCUT2D eigenvalue weighted by atomic mass is 10.2. The third kappa shape index (κ3) is 3.00. The maximum absolute atomic E-state index is 11.1. The van der Waals surface area contributed by atoms with Crippen molar-refractivity contribution in [3.05, 3.63) is 58.1 Å². The van der Waals surface area contributed by atoms with E-state index in [0.717, 1.165) is 5.56 Å². The zero-order valence-electron chi connectivity index (χ0n) is 10.7. The molecule has 0 radical (unpaired) electrons. The van der Waals surface area contributed by atoms with Gasteiger partial charge in [0.2, 0.25) is 5.75 Å². The Bertz CT molecular complexity index is 630. The Morgan fingerprint density at radius 3 is 2.60 bits per heavy atom. The quantitative estimate of drug-likeness (QED) is 0.472. The van der Waals surface area contributed by atoms with Crippen LogP contribution < -0.4 is 9.47 Å². The minimum absolute atomic E-state index is 0.147. The first-order valence-corrected chi connectivity index (χ1v) is 6.33. The second-order valence-corrected chi connectivity index (χ2v) is 4.20. The van der Waals surface area contributed by atoms with Crippen molar-refractivity contribution >= 4 is 17.3 Å². The number of rotatable bonds is 5. The van der Waals surface area contributed by atoms with Crippen LogP contribution in [0.25, 0.3) is 0 Å². The molecule has 0 N–H and O–H groups in total. The Kier molecular flexibility index (Phi) is 4.42. The molecule has 0 aliphatic heterocycles. The van der Waals surface area contributed by atoms with Crippen LogP contribution in [0.1, 0.15) is 5.56 Å². The molecule has 2 aromatic carbocycles. The molecule has 0 aromatic heterocycles. The smallest absolute Gasteiger partial charge is 0.315 e. The minimum Gasteiger partial charge on any atom is -0.496 e. The van der Waals surface area contributed by atoms with Gasteiger partial charge in [0, 0.05) is 5.56 Å². The van der Waals surface area contributed by atoms with Gasteiger partial charge in [0.15, 0.2) is 0 Å². The fourth-order valence-corrected chi connectivity index (χ4v) is 1.91. The first-order chi connectivity index (χ1) is 9.65. The molecule has 0 aliphatic carbocycles. The van der Waals surface area contributed by atoms with Crippen molar-refractivity contribution in [3.8, 4) is 17.2 Å². The van der Waals surface area contributed by atoms with Crippen LogP contribution in [0.5, 0.6) is 17.2 Å². The van der Waals surface area contributed by atoms with Crippen molar-refractivity contribution in [2.45, 2.75) is 5.88 Å². The number of halogens is 1. The highest BCUT2D eigenvalue weighted by molar-refractivity contribution is 6.17. The molecule has 0 atom stereocenters. The van der Waals surface area contributed by atoms with Crippen LogP contribution in [-0.2, 0) is 5.88 Å². The molecule has 0 aliphatic rings. The lowest BCUT2D eigenvalue weighted by Gasteiger charge is -2.10. The molecule has 0 unspecified atom stereocenters. The Labute approximate surface area is 120 Å². The predicted octanol–water partition coefficient (Wildman–Crippen LogP) is 4.13. The zero-order chi connectivity index (χ0) is 14.5. The Morgan fingerprint density at radius 1 is 1.20 bits per heavy atom. The topological polar surface area (TPSA) is 61.6 Å². The van der Waals surface area contributed by atoms with E-state index in [4.69, 9.17) is 21.1 Å². The van der Waals surface area contributed by atoms with E-state index in [1.807, 2.05) is 6.07 Å². The van der Waals surface area contributed by atoms with Gasteiger partial charge in [-0.25, -0.2) is 0 Å². The summed E-state index contributed by atoms with van der Waals surface area (Å²) in [6, 6.07) is 11.5. The number of methoxy groups -OCH3 is 1. The molecule has 0 heterocycles. The molecule has 0 saturated heterocycles. The highest BCUT2D eigenvalue weighted by atomic mass is 35.5. The fraction of sp³-hybridized carbons (Fsp3) is 0.143. The van der Waals surface area contributed by atoms with Crippen molar-refractivity contribution in [1.29, 1.82) is 0 Å². The summed E-state index contributed by atoms with van der Waals surface area (Å²) in [5.41, 5.74) is 0.605. The number of nitro benzene ring substituents is 1. The normalized spacial score (nSPS) is 10.1. The Balaban J connectivity index is 2.40. The van der Waals surface area contributed by atoms with E-state index < -0.39 is 4.92 Å². The van der Waals surface area contributed by atoms with Crippen molar-refractivity contribution in [2.24, 2.45) is 0 Å². The number of para-hydroxylation sites is 1. The monoisotopic (exact) mass is 293 g/mol. The van der Waals surface area contributed by atoms with E-state index in [1.54, 1.807) is 24.3 Å². The van der Waals surface area contributed by atoms with Gasteiger partial charge in [-0.2, -0.15) is 0 Å². The summed E-state index contributed by atoms with van der Waals surface area (Å²) >= 11 is 5.81. The van der Waals surface area contributed by atoms with Gasteiger partial charge in [-0.1, -0.05) is 18.2 Å². The molecular formula is C14H12ClNO4. The number of nitrogens with zero attached hydrogens (tertiary/aromatic N) is 1. The van der Waals surface area contributed by atoms with Crippen LogP contribution in [0.3, 0.4) is 0 Å². The molecule has 2 aromatic rings. The number of nitro groups is 1. The molecule has 5 nitrogen and oxygen atoms in total. The second kappa shape index (κ2) is 6.25. The maximum atomic E-state index is 11.1. The second-order valence-electron chi connectivity index (χ2n) is 3.93. The van der Waals surface area contributed by atoms with Gasteiger partial charge in [-0.3, -0.25) is 10.1 Å². The summed E-state index contributed by atoms with van der Waals surface area (Å²) in [7, 11) is 1.45. The average Bonchev–Trinajstić information content (AvgIpc) is 2.48. The summed E-state index contributed by atoms with van der Waals surface area (Å²) in [6.07, 6.45) is 0. The van der Waals surface area contributed by atoms with E-state index in [9.17, 15) is 10.1 Å². The Hall–Kier alpha value is -2.27. The highest BCUT2D eigenvalue weighted by Crippen LogP contribution is 2.35. The van der Waals surface area contributed by atoms with Crippen LogP contribution in [0.4, 0.5) is 5.69 Å². The highest BCUT2D eigenvalue weighted by Gasteiger charge is 2.18. The number of hydrogen-bond acceptors (Lipinski definition) is 4. The first-order valence-electron chi connectivity index (χ1n) is 5.80. The number of benzene rings is 2. The molecule has 104 valence electrons. The SMILES string of the molecule is COc1ccc(Oc2ccccc2CCl)c([N+](=O)[O-])c1. The van der Waals surface area contributed by atoms with Crippen LogP contribution >= 0.6 is 11.6 Å². The van der Waals surface area contributed by atoms with E-state index in [2.05, 4.69) is 0 Å². The van der Waals surface area contributed by atoms with Crippen LogP contribution in [0.15, 0.2) is 42.5 Å². The maximum Gasteiger partial charge on any atom is 0.315 e. The van der Waals surface area contributed by atoms with Crippen LogP contribution in [0.2, 0.25) is 0 Å². The van der Waals surface area contributed by atoms with Crippen molar-refractivity contribution in [3.63, 3.8) is 0 Å². The van der Waals surface area contributed by atoms with Gasteiger partial charge < -0.3 is 9.47 Å².